The predicted octanol–water partition coefficient (Wildman–Crippen LogP) is 0.895. The smallest absolute Gasteiger partial charge is 0.332 e. The molecule has 0 radical (unpaired) electrons. The SMILES string of the molecule is N#Cc1ccc(NOCC(=O)O)c([N+](=O)[O-])c1. The molecule has 0 unspecified atom stereocenters. The number of benzene rings is 1. The molecule has 0 spiro atoms. The van der Waals surface area contributed by atoms with Crippen molar-refractivity contribution in [3.05, 3.63) is 33.9 Å². The highest BCUT2D eigenvalue weighted by Gasteiger charge is 2.15. The lowest BCUT2D eigenvalue weighted by molar-refractivity contribution is -0.384. The minimum absolute atomic E-state index is 0.0183. The number of nitriles is 1. The number of nitro groups is 1. The zero-order chi connectivity index (χ0) is 12.8. The van der Waals surface area contributed by atoms with Gasteiger partial charge in [-0.2, -0.15) is 5.26 Å². The first kappa shape index (κ1) is 12.4. The average molecular weight is 237 g/mol. The van der Waals surface area contributed by atoms with Crippen LogP contribution in [0.3, 0.4) is 0 Å². The zero-order valence-corrected chi connectivity index (χ0v) is 8.41. The third-order valence-corrected chi connectivity index (χ3v) is 1.70. The van der Waals surface area contributed by atoms with Crippen LogP contribution in [0.1, 0.15) is 5.56 Å². The van der Waals surface area contributed by atoms with E-state index in [0.717, 1.165) is 6.07 Å². The lowest BCUT2D eigenvalue weighted by Crippen LogP contribution is -2.12. The van der Waals surface area contributed by atoms with Crippen LogP contribution >= 0.6 is 0 Å². The van der Waals surface area contributed by atoms with E-state index in [0.29, 0.717) is 0 Å². The van der Waals surface area contributed by atoms with Crippen molar-refractivity contribution in [1.82, 2.24) is 0 Å². The van der Waals surface area contributed by atoms with Gasteiger partial charge in [0.2, 0.25) is 0 Å². The number of carboxylic acid groups (broad SMARTS) is 1. The van der Waals surface area contributed by atoms with Crippen LogP contribution in [0.15, 0.2) is 18.2 Å². The van der Waals surface area contributed by atoms with E-state index in [1.807, 2.05) is 0 Å². The Morgan fingerprint density at radius 1 is 1.65 bits per heavy atom. The van der Waals surface area contributed by atoms with E-state index < -0.39 is 17.5 Å². The van der Waals surface area contributed by atoms with Crippen molar-refractivity contribution in [3.8, 4) is 6.07 Å². The number of carboxylic acids is 1. The van der Waals surface area contributed by atoms with E-state index in [2.05, 4.69) is 10.3 Å². The van der Waals surface area contributed by atoms with Gasteiger partial charge in [0.1, 0.15) is 5.69 Å². The molecule has 1 aromatic carbocycles. The summed E-state index contributed by atoms with van der Waals surface area (Å²) < 4.78 is 0. The van der Waals surface area contributed by atoms with Gasteiger partial charge in [-0.3, -0.25) is 20.4 Å². The molecule has 0 saturated carbocycles. The summed E-state index contributed by atoms with van der Waals surface area (Å²) >= 11 is 0. The van der Waals surface area contributed by atoms with Gasteiger partial charge in [-0.25, -0.2) is 4.79 Å². The normalized spacial score (nSPS) is 9.35. The van der Waals surface area contributed by atoms with Crippen LogP contribution in [0, 0.1) is 21.4 Å². The minimum Gasteiger partial charge on any atom is -0.479 e. The molecule has 0 amide bonds. The second kappa shape index (κ2) is 5.43. The number of anilines is 1. The summed E-state index contributed by atoms with van der Waals surface area (Å²) in [5, 5.41) is 27.6. The number of nitrogens with one attached hydrogen (secondary N) is 1. The molecule has 0 bridgehead atoms. The maximum Gasteiger partial charge on any atom is 0.332 e. The molecule has 1 rings (SSSR count). The second-order valence-electron chi connectivity index (χ2n) is 2.89. The Hall–Kier alpha value is -2.66. The van der Waals surface area contributed by atoms with E-state index in [1.165, 1.54) is 12.1 Å². The molecular formula is C9H7N3O5. The van der Waals surface area contributed by atoms with E-state index in [9.17, 15) is 14.9 Å². The third-order valence-electron chi connectivity index (χ3n) is 1.70. The van der Waals surface area contributed by atoms with E-state index in [-0.39, 0.29) is 16.9 Å². The molecular weight excluding hydrogens is 230 g/mol. The molecule has 2 N–H and O–H groups in total. The van der Waals surface area contributed by atoms with Crippen molar-refractivity contribution in [2.75, 3.05) is 12.1 Å². The second-order valence-corrected chi connectivity index (χ2v) is 2.89. The summed E-state index contributed by atoms with van der Waals surface area (Å²) in [5.74, 6) is -1.21. The molecule has 8 nitrogen and oxygen atoms in total. The van der Waals surface area contributed by atoms with Crippen molar-refractivity contribution in [2.45, 2.75) is 0 Å². The maximum absolute atomic E-state index is 10.7. The Morgan fingerprint density at radius 3 is 2.88 bits per heavy atom. The molecule has 0 aliphatic heterocycles. The van der Waals surface area contributed by atoms with Gasteiger partial charge < -0.3 is 5.11 Å². The monoisotopic (exact) mass is 237 g/mol. The number of rotatable bonds is 5. The third kappa shape index (κ3) is 3.44. The van der Waals surface area contributed by atoms with Gasteiger partial charge in [0.25, 0.3) is 5.69 Å². The molecule has 0 saturated heterocycles. The van der Waals surface area contributed by atoms with Crippen molar-refractivity contribution < 1.29 is 19.7 Å². The van der Waals surface area contributed by atoms with Gasteiger partial charge in [-0.15, -0.1) is 0 Å². The van der Waals surface area contributed by atoms with Gasteiger partial charge in [0.05, 0.1) is 16.6 Å². The minimum atomic E-state index is -1.21. The van der Waals surface area contributed by atoms with Crippen LogP contribution in [0.2, 0.25) is 0 Å². The summed E-state index contributed by atoms with van der Waals surface area (Å²) in [4.78, 5) is 24.6. The first-order valence-electron chi connectivity index (χ1n) is 4.32. The van der Waals surface area contributed by atoms with E-state index in [1.54, 1.807) is 6.07 Å². The van der Waals surface area contributed by atoms with Crippen LogP contribution in [0.4, 0.5) is 11.4 Å². The Kier molecular flexibility index (Phi) is 3.96. The molecule has 0 fully saturated rings. The maximum atomic E-state index is 10.7. The topological polar surface area (TPSA) is 125 Å². The number of nitrogens with zero attached hydrogens (tertiary/aromatic N) is 2. The largest absolute Gasteiger partial charge is 0.479 e. The highest BCUT2D eigenvalue weighted by atomic mass is 16.7. The van der Waals surface area contributed by atoms with Gasteiger partial charge in [-0.1, -0.05) is 0 Å². The Labute approximate surface area is 95.1 Å². The number of hydrogen-bond donors (Lipinski definition) is 2. The Bertz CT molecular complexity index is 494. The lowest BCUT2D eigenvalue weighted by Gasteiger charge is -2.05. The first-order chi connectivity index (χ1) is 8.04. The van der Waals surface area contributed by atoms with Crippen molar-refractivity contribution in [1.29, 1.82) is 5.26 Å². The van der Waals surface area contributed by atoms with Crippen LogP contribution < -0.4 is 5.48 Å². The first-order valence-corrected chi connectivity index (χ1v) is 4.32. The van der Waals surface area contributed by atoms with Crippen LogP contribution in [0.25, 0.3) is 0 Å². The quantitative estimate of drug-likeness (QED) is 0.575. The Balaban J connectivity index is 2.88. The van der Waals surface area contributed by atoms with Gasteiger partial charge in [0, 0.05) is 6.07 Å². The zero-order valence-electron chi connectivity index (χ0n) is 8.41. The fourth-order valence-corrected chi connectivity index (χ4v) is 1.01. The lowest BCUT2D eigenvalue weighted by atomic mass is 10.2. The molecule has 0 heterocycles. The Morgan fingerprint density at radius 2 is 2.35 bits per heavy atom. The molecule has 0 atom stereocenters. The number of aliphatic carboxylic acids is 1. The molecule has 0 aliphatic carbocycles. The van der Waals surface area contributed by atoms with Crippen LogP contribution in [-0.4, -0.2) is 22.6 Å². The van der Waals surface area contributed by atoms with Crippen molar-refractivity contribution in [3.63, 3.8) is 0 Å². The fraction of sp³-hybridized carbons (Fsp3) is 0.111. The van der Waals surface area contributed by atoms with Gasteiger partial charge in [-0.05, 0) is 12.1 Å². The summed E-state index contributed by atoms with van der Waals surface area (Å²) in [5.41, 5.74) is 1.89. The van der Waals surface area contributed by atoms with Crippen molar-refractivity contribution >= 4 is 17.3 Å². The average Bonchev–Trinajstić information content (AvgIpc) is 2.28. The van der Waals surface area contributed by atoms with E-state index >= 15 is 0 Å². The molecule has 88 valence electrons. The molecule has 0 aliphatic rings. The number of hydrogen-bond acceptors (Lipinski definition) is 6. The summed E-state index contributed by atoms with van der Waals surface area (Å²) in [6, 6.07) is 5.43. The fourth-order valence-electron chi connectivity index (χ4n) is 1.01. The molecule has 1 aromatic rings. The number of carbonyl (C=O) groups is 1. The van der Waals surface area contributed by atoms with Gasteiger partial charge in [0.15, 0.2) is 6.61 Å². The van der Waals surface area contributed by atoms with E-state index in [4.69, 9.17) is 10.4 Å². The standard InChI is InChI=1S/C9H7N3O5/c10-4-6-1-2-7(8(3-6)12(15)16)11-17-5-9(13)14/h1-3,11H,5H2,(H,13,14). The summed E-state index contributed by atoms with van der Waals surface area (Å²) in [6.07, 6.45) is 0. The highest BCUT2D eigenvalue weighted by Crippen LogP contribution is 2.25. The van der Waals surface area contributed by atoms with Crippen molar-refractivity contribution in [2.24, 2.45) is 0 Å². The molecule has 0 aromatic heterocycles. The van der Waals surface area contributed by atoms with Crippen LogP contribution in [0.5, 0.6) is 0 Å². The summed E-state index contributed by atoms with van der Waals surface area (Å²) in [6.45, 7) is -0.642. The highest BCUT2D eigenvalue weighted by molar-refractivity contribution is 5.68. The molecule has 17 heavy (non-hydrogen) atoms. The predicted molar refractivity (Wildman–Crippen MR) is 55.0 cm³/mol. The van der Waals surface area contributed by atoms with Gasteiger partial charge >= 0.3 is 5.97 Å². The number of nitro benzene ring substituents is 1. The van der Waals surface area contributed by atoms with Crippen LogP contribution in [-0.2, 0) is 9.63 Å². The molecule has 8 heteroatoms. The summed E-state index contributed by atoms with van der Waals surface area (Å²) in [7, 11) is 0.